The highest BCUT2D eigenvalue weighted by Crippen LogP contribution is 2.36. The number of hydrogen-bond acceptors (Lipinski definition) is 5. The molecule has 6 heteroatoms. The molecule has 0 aromatic heterocycles. The summed E-state index contributed by atoms with van der Waals surface area (Å²) in [6, 6.07) is 5.47. The van der Waals surface area contributed by atoms with Crippen molar-refractivity contribution >= 4 is 12.4 Å². The van der Waals surface area contributed by atoms with Crippen molar-refractivity contribution in [3.05, 3.63) is 18.2 Å². The number of halogens is 1. The maximum atomic E-state index is 10.2. The maximum Gasteiger partial charge on any atom is 0.203 e. The second-order valence-electron chi connectivity index (χ2n) is 5.94. The number of para-hydroxylation sites is 1. The largest absolute Gasteiger partial charge is 0.493 e. The summed E-state index contributed by atoms with van der Waals surface area (Å²) in [5.74, 6) is 2.55. The Labute approximate surface area is 144 Å². The second-order valence-corrected chi connectivity index (χ2v) is 5.94. The first-order valence-corrected chi connectivity index (χ1v) is 7.88. The molecule has 23 heavy (non-hydrogen) atoms. The monoisotopic (exact) mass is 345 g/mol. The van der Waals surface area contributed by atoms with E-state index in [0.717, 1.165) is 19.0 Å². The molecule has 132 valence electrons. The SMILES string of the molecule is COc1cccc(OC)c1OCC(O)CN1CCC(C)CC1.Cl. The van der Waals surface area contributed by atoms with Crippen LogP contribution in [0.25, 0.3) is 0 Å². The molecule has 1 aromatic rings. The number of benzene rings is 1. The third-order valence-corrected chi connectivity index (χ3v) is 4.15. The number of ether oxygens (including phenoxy) is 3. The Morgan fingerprint density at radius 1 is 1.17 bits per heavy atom. The molecule has 5 nitrogen and oxygen atoms in total. The van der Waals surface area contributed by atoms with Crippen molar-refractivity contribution in [3.8, 4) is 17.2 Å². The van der Waals surface area contributed by atoms with Crippen molar-refractivity contribution < 1.29 is 19.3 Å². The highest BCUT2D eigenvalue weighted by molar-refractivity contribution is 5.85. The fourth-order valence-electron chi connectivity index (χ4n) is 2.73. The van der Waals surface area contributed by atoms with Gasteiger partial charge in [0.25, 0.3) is 0 Å². The minimum absolute atomic E-state index is 0. The zero-order valence-electron chi connectivity index (χ0n) is 14.2. The summed E-state index contributed by atoms with van der Waals surface area (Å²) in [6.45, 7) is 5.25. The molecular formula is C17H28ClNO4. The lowest BCUT2D eigenvalue weighted by atomic mass is 9.99. The molecule has 0 saturated carbocycles. The Morgan fingerprint density at radius 2 is 1.74 bits per heavy atom. The Kier molecular flexibility index (Phi) is 8.52. The van der Waals surface area contributed by atoms with Gasteiger partial charge in [-0.3, -0.25) is 0 Å². The molecule has 2 rings (SSSR count). The van der Waals surface area contributed by atoms with Gasteiger partial charge in [0.2, 0.25) is 5.75 Å². The average Bonchev–Trinajstić information content (AvgIpc) is 2.54. The Morgan fingerprint density at radius 3 is 2.26 bits per heavy atom. The van der Waals surface area contributed by atoms with Gasteiger partial charge in [0.15, 0.2) is 11.5 Å². The van der Waals surface area contributed by atoms with Crippen molar-refractivity contribution in [2.75, 3.05) is 40.5 Å². The summed E-state index contributed by atoms with van der Waals surface area (Å²) < 4.78 is 16.3. The van der Waals surface area contributed by atoms with E-state index in [2.05, 4.69) is 11.8 Å². The van der Waals surface area contributed by atoms with E-state index in [-0.39, 0.29) is 19.0 Å². The summed E-state index contributed by atoms with van der Waals surface area (Å²) in [4.78, 5) is 2.30. The number of hydrogen-bond donors (Lipinski definition) is 1. The molecule has 1 fully saturated rings. The highest BCUT2D eigenvalue weighted by Gasteiger charge is 2.19. The minimum Gasteiger partial charge on any atom is -0.493 e. The van der Waals surface area contributed by atoms with Gasteiger partial charge in [-0.1, -0.05) is 13.0 Å². The molecule has 1 saturated heterocycles. The summed E-state index contributed by atoms with van der Waals surface area (Å²) in [7, 11) is 3.18. The number of β-amino-alcohol motifs (C(OH)–C–C–N with tert-alkyl or cyclic N) is 1. The number of piperidine rings is 1. The fraction of sp³-hybridized carbons (Fsp3) is 0.647. The molecule has 0 bridgehead atoms. The van der Waals surface area contributed by atoms with Crippen LogP contribution in [0.15, 0.2) is 18.2 Å². The van der Waals surface area contributed by atoms with Crippen molar-refractivity contribution in [1.29, 1.82) is 0 Å². The van der Waals surface area contributed by atoms with Crippen LogP contribution < -0.4 is 14.2 Å². The molecule has 1 N–H and O–H groups in total. The fourth-order valence-corrected chi connectivity index (χ4v) is 2.73. The summed E-state index contributed by atoms with van der Waals surface area (Å²) in [6.07, 6.45) is 1.88. The summed E-state index contributed by atoms with van der Waals surface area (Å²) in [5.41, 5.74) is 0. The molecule has 1 aromatic carbocycles. The van der Waals surface area contributed by atoms with E-state index in [9.17, 15) is 5.11 Å². The quantitative estimate of drug-likeness (QED) is 0.823. The number of methoxy groups -OCH3 is 2. The van der Waals surface area contributed by atoms with Crippen LogP contribution in [0, 0.1) is 5.92 Å². The van der Waals surface area contributed by atoms with Crippen LogP contribution in [0.2, 0.25) is 0 Å². The van der Waals surface area contributed by atoms with E-state index in [4.69, 9.17) is 14.2 Å². The zero-order valence-corrected chi connectivity index (χ0v) is 15.0. The van der Waals surface area contributed by atoms with Crippen LogP contribution in [-0.4, -0.2) is 56.6 Å². The first-order chi connectivity index (χ1) is 10.6. The summed E-state index contributed by atoms with van der Waals surface area (Å²) >= 11 is 0. The maximum absolute atomic E-state index is 10.2. The lowest BCUT2D eigenvalue weighted by molar-refractivity contribution is 0.0546. The van der Waals surface area contributed by atoms with Crippen LogP contribution in [0.1, 0.15) is 19.8 Å². The third-order valence-electron chi connectivity index (χ3n) is 4.15. The predicted octanol–water partition coefficient (Wildman–Crippen LogP) is 2.60. The Hall–Kier alpha value is -1.17. The first kappa shape index (κ1) is 19.9. The van der Waals surface area contributed by atoms with Crippen LogP contribution in [0.3, 0.4) is 0 Å². The van der Waals surface area contributed by atoms with Crippen molar-refractivity contribution in [2.45, 2.75) is 25.9 Å². The van der Waals surface area contributed by atoms with E-state index in [1.54, 1.807) is 14.2 Å². The molecule has 1 atom stereocenters. The molecule has 0 radical (unpaired) electrons. The lowest BCUT2D eigenvalue weighted by Crippen LogP contribution is -2.40. The van der Waals surface area contributed by atoms with Gasteiger partial charge in [0, 0.05) is 6.54 Å². The summed E-state index contributed by atoms with van der Waals surface area (Å²) in [5, 5.41) is 10.2. The second kappa shape index (κ2) is 9.85. The van der Waals surface area contributed by atoms with E-state index in [0.29, 0.717) is 23.8 Å². The van der Waals surface area contributed by atoms with Gasteiger partial charge in [-0.05, 0) is 44.0 Å². The lowest BCUT2D eigenvalue weighted by Gasteiger charge is -2.31. The van der Waals surface area contributed by atoms with Gasteiger partial charge in [-0.25, -0.2) is 0 Å². The molecule has 0 aliphatic carbocycles. The minimum atomic E-state index is -0.525. The van der Waals surface area contributed by atoms with Crippen molar-refractivity contribution in [3.63, 3.8) is 0 Å². The number of nitrogens with zero attached hydrogens (tertiary/aromatic N) is 1. The zero-order chi connectivity index (χ0) is 15.9. The van der Waals surface area contributed by atoms with Crippen LogP contribution in [0.5, 0.6) is 17.2 Å². The number of rotatable bonds is 7. The van der Waals surface area contributed by atoms with Crippen LogP contribution >= 0.6 is 12.4 Å². The van der Waals surface area contributed by atoms with Crippen molar-refractivity contribution in [1.82, 2.24) is 4.90 Å². The van der Waals surface area contributed by atoms with Gasteiger partial charge in [0.05, 0.1) is 14.2 Å². The molecule has 0 amide bonds. The van der Waals surface area contributed by atoms with Crippen LogP contribution in [0.4, 0.5) is 0 Å². The van der Waals surface area contributed by atoms with E-state index in [1.807, 2.05) is 18.2 Å². The third kappa shape index (κ3) is 5.75. The predicted molar refractivity (Wildman–Crippen MR) is 93.1 cm³/mol. The molecular weight excluding hydrogens is 318 g/mol. The molecule has 1 heterocycles. The average molecular weight is 346 g/mol. The molecule has 1 aliphatic rings. The number of aliphatic hydroxyl groups is 1. The Balaban J connectivity index is 0.00000264. The topological polar surface area (TPSA) is 51.2 Å². The van der Waals surface area contributed by atoms with Gasteiger partial charge in [-0.15, -0.1) is 12.4 Å². The number of aliphatic hydroxyl groups excluding tert-OH is 1. The van der Waals surface area contributed by atoms with E-state index < -0.39 is 6.10 Å². The van der Waals surface area contributed by atoms with Gasteiger partial charge in [0.1, 0.15) is 12.7 Å². The van der Waals surface area contributed by atoms with Gasteiger partial charge >= 0.3 is 0 Å². The molecule has 0 spiro atoms. The van der Waals surface area contributed by atoms with E-state index in [1.165, 1.54) is 12.8 Å². The first-order valence-electron chi connectivity index (χ1n) is 7.88. The van der Waals surface area contributed by atoms with E-state index >= 15 is 0 Å². The van der Waals surface area contributed by atoms with Crippen molar-refractivity contribution in [2.24, 2.45) is 5.92 Å². The van der Waals surface area contributed by atoms with Crippen LogP contribution in [-0.2, 0) is 0 Å². The standard InChI is InChI=1S/C17H27NO4.ClH/c1-13-7-9-18(10-8-13)11-14(19)12-22-17-15(20-2)5-4-6-16(17)21-3;/h4-6,13-14,19H,7-12H2,1-3H3;1H. The van der Waals surface area contributed by atoms with Gasteiger partial charge < -0.3 is 24.2 Å². The smallest absolute Gasteiger partial charge is 0.203 e. The number of likely N-dealkylation sites (tertiary alicyclic amines) is 1. The highest BCUT2D eigenvalue weighted by atomic mass is 35.5. The van der Waals surface area contributed by atoms with Gasteiger partial charge in [-0.2, -0.15) is 0 Å². The Bertz CT molecular complexity index is 442. The molecule has 1 aliphatic heterocycles. The molecule has 1 unspecified atom stereocenters. The normalized spacial score (nSPS) is 17.2.